The largest absolute Gasteiger partial charge is 0.338 e. The highest BCUT2D eigenvalue weighted by molar-refractivity contribution is 7.92. The molecule has 3 heterocycles. The summed E-state index contributed by atoms with van der Waals surface area (Å²) >= 11 is 0. The predicted octanol–water partition coefficient (Wildman–Crippen LogP) is 0.614. The summed E-state index contributed by atoms with van der Waals surface area (Å²) in [5, 5.41) is 6.86. The van der Waals surface area contributed by atoms with E-state index in [4.69, 9.17) is 4.52 Å². The van der Waals surface area contributed by atoms with Crippen molar-refractivity contribution in [1.82, 2.24) is 15.5 Å². The second-order valence-electron chi connectivity index (χ2n) is 5.03. The summed E-state index contributed by atoms with van der Waals surface area (Å²) in [5.41, 5.74) is 0. The number of nitrogens with zero attached hydrogens (tertiary/aromatic N) is 2. The molecule has 0 saturated carbocycles. The average molecular weight is 271 g/mol. The molecule has 2 saturated heterocycles. The van der Waals surface area contributed by atoms with E-state index in [1.54, 1.807) is 0 Å². The summed E-state index contributed by atoms with van der Waals surface area (Å²) in [5.74, 6) is 1.42. The molecule has 1 aromatic heterocycles. The van der Waals surface area contributed by atoms with Crippen molar-refractivity contribution in [3.8, 4) is 0 Å². The van der Waals surface area contributed by atoms with E-state index in [-0.39, 0.29) is 11.3 Å². The molecule has 100 valence electrons. The Morgan fingerprint density at radius 1 is 1.33 bits per heavy atom. The molecule has 0 aromatic carbocycles. The van der Waals surface area contributed by atoms with Crippen molar-refractivity contribution in [2.45, 2.75) is 43.4 Å². The summed E-state index contributed by atoms with van der Waals surface area (Å²) in [6, 6.07) is 0.145. The van der Waals surface area contributed by atoms with Crippen LogP contribution in [0.4, 0.5) is 0 Å². The first kappa shape index (κ1) is 12.1. The van der Waals surface area contributed by atoms with Crippen LogP contribution in [0.1, 0.15) is 43.4 Å². The first-order chi connectivity index (χ1) is 8.65. The molecule has 6 nitrogen and oxygen atoms in total. The third-order valence-corrected chi connectivity index (χ3v) is 5.99. The summed E-state index contributed by atoms with van der Waals surface area (Å²) in [4.78, 5) is 4.32. The smallest absolute Gasteiger partial charge is 0.243 e. The summed E-state index contributed by atoms with van der Waals surface area (Å²) in [6.45, 7) is 0.972. The third-order valence-electron chi connectivity index (χ3n) is 3.72. The van der Waals surface area contributed by atoms with E-state index in [2.05, 4.69) is 15.5 Å². The Morgan fingerprint density at radius 2 is 2.22 bits per heavy atom. The quantitative estimate of drug-likeness (QED) is 0.867. The van der Waals surface area contributed by atoms with Gasteiger partial charge in [0.2, 0.25) is 5.89 Å². The van der Waals surface area contributed by atoms with Crippen molar-refractivity contribution >= 4 is 9.84 Å². The van der Waals surface area contributed by atoms with Gasteiger partial charge in [-0.05, 0) is 32.2 Å². The highest BCUT2D eigenvalue weighted by Crippen LogP contribution is 2.25. The van der Waals surface area contributed by atoms with Crippen LogP contribution in [0, 0.1) is 0 Å². The zero-order valence-corrected chi connectivity index (χ0v) is 10.9. The minimum Gasteiger partial charge on any atom is -0.338 e. The Hall–Kier alpha value is -0.950. The molecule has 0 spiro atoms. The molecule has 2 fully saturated rings. The van der Waals surface area contributed by atoms with Crippen LogP contribution in [0.15, 0.2) is 4.52 Å². The number of nitrogens with one attached hydrogen (secondary N) is 1. The first-order valence-corrected chi connectivity index (χ1v) is 8.14. The molecule has 1 aromatic rings. The van der Waals surface area contributed by atoms with Crippen LogP contribution in [-0.4, -0.2) is 36.1 Å². The minimum absolute atomic E-state index is 0.145. The molecule has 2 atom stereocenters. The van der Waals surface area contributed by atoms with E-state index in [1.807, 2.05) is 0 Å². The molecule has 0 radical (unpaired) electrons. The van der Waals surface area contributed by atoms with Crippen LogP contribution in [0.3, 0.4) is 0 Å². The number of sulfone groups is 1. The number of hydrogen-bond donors (Lipinski definition) is 1. The Balaban J connectivity index is 1.70. The minimum atomic E-state index is -2.93. The van der Waals surface area contributed by atoms with Gasteiger partial charge in [0.05, 0.1) is 17.0 Å². The van der Waals surface area contributed by atoms with Crippen LogP contribution < -0.4 is 5.32 Å². The highest BCUT2D eigenvalue weighted by Gasteiger charge is 2.33. The van der Waals surface area contributed by atoms with Crippen molar-refractivity contribution < 1.29 is 12.9 Å². The van der Waals surface area contributed by atoms with E-state index in [9.17, 15) is 8.42 Å². The van der Waals surface area contributed by atoms with Crippen LogP contribution in [-0.2, 0) is 16.3 Å². The van der Waals surface area contributed by atoms with Gasteiger partial charge in [-0.2, -0.15) is 4.98 Å². The van der Waals surface area contributed by atoms with Crippen molar-refractivity contribution in [3.05, 3.63) is 11.7 Å². The Kier molecular flexibility index (Phi) is 3.11. The molecule has 18 heavy (non-hydrogen) atoms. The van der Waals surface area contributed by atoms with E-state index >= 15 is 0 Å². The highest BCUT2D eigenvalue weighted by atomic mass is 32.2. The van der Waals surface area contributed by atoms with Gasteiger partial charge in [-0.15, -0.1) is 0 Å². The lowest BCUT2D eigenvalue weighted by Crippen LogP contribution is -2.19. The Morgan fingerprint density at radius 3 is 2.89 bits per heavy atom. The molecule has 7 heteroatoms. The fourth-order valence-corrected chi connectivity index (χ4v) is 4.51. The second kappa shape index (κ2) is 4.62. The molecule has 2 aliphatic rings. The molecule has 2 aliphatic heterocycles. The van der Waals surface area contributed by atoms with Gasteiger partial charge in [-0.25, -0.2) is 8.42 Å². The summed E-state index contributed by atoms with van der Waals surface area (Å²) < 4.78 is 28.7. The van der Waals surface area contributed by atoms with Crippen LogP contribution >= 0.6 is 0 Å². The van der Waals surface area contributed by atoms with Gasteiger partial charge in [-0.3, -0.25) is 0 Å². The molecule has 0 bridgehead atoms. The van der Waals surface area contributed by atoms with Gasteiger partial charge in [0.25, 0.3) is 0 Å². The van der Waals surface area contributed by atoms with E-state index in [0.29, 0.717) is 30.3 Å². The lowest BCUT2D eigenvalue weighted by Gasteiger charge is -2.05. The zero-order valence-electron chi connectivity index (χ0n) is 10.1. The van der Waals surface area contributed by atoms with Crippen LogP contribution in [0.5, 0.6) is 0 Å². The lowest BCUT2D eigenvalue weighted by molar-refractivity contribution is 0.341. The average Bonchev–Trinajstić information content (AvgIpc) is 3.02. The first-order valence-electron chi connectivity index (χ1n) is 6.42. The third kappa shape index (κ3) is 2.29. The van der Waals surface area contributed by atoms with Gasteiger partial charge in [-0.1, -0.05) is 5.16 Å². The lowest BCUT2D eigenvalue weighted by atomic mass is 10.2. The van der Waals surface area contributed by atoms with E-state index < -0.39 is 9.84 Å². The van der Waals surface area contributed by atoms with Crippen molar-refractivity contribution in [2.75, 3.05) is 12.3 Å². The molecule has 3 rings (SSSR count). The van der Waals surface area contributed by atoms with Crippen molar-refractivity contribution in [2.24, 2.45) is 0 Å². The van der Waals surface area contributed by atoms with Gasteiger partial charge in [0, 0.05) is 6.42 Å². The van der Waals surface area contributed by atoms with E-state index in [0.717, 1.165) is 25.8 Å². The van der Waals surface area contributed by atoms with Crippen molar-refractivity contribution in [1.29, 1.82) is 0 Å². The molecule has 1 N–H and O–H groups in total. The van der Waals surface area contributed by atoms with Gasteiger partial charge in [0.15, 0.2) is 15.7 Å². The zero-order chi connectivity index (χ0) is 12.6. The molecule has 0 aliphatic carbocycles. The maximum absolute atomic E-state index is 11.7. The monoisotopic (exact) mass is 271 g/mol. The maximum atomic E-state index is 11.7. The standard InChI is InChI=1S/C11H17N3O3S/c15-18(16)6-2-3-8(18)7-10-13-11(17-14-10)9-4-1-5-12-9/h8-9,12H,1-7H2. The van der Waals surface area contributed by atoms with E-state index in [1.165, 1.54) is 0 Å². The SMILES string of the molecule is O=S1(=O)CCCC1Cc1noc(C2CCCN2)n1. The molecular weight excluding hydrogens is 254 g/mol. The van der Waals surface area contributed by atoms with Crippen molar-refractivity contribution in [3.63, 3.8) is 0 Å². The fraction of sp³-hybridized carbons (Fsp3) is 0.818. The number of aromatic nitrogens is 2. The maximum Gasteiger partial charge on any atom is 0.243 e. The summed E-state index contributed by atoms with van der Waals surface area (Å²) in [7, 11) is -2.93. The van der Waals surface area contributed by atoms with Gasteiger partial charge < -0.3 is 9.84 Å². The topological polar surface area (TPSA) is 85.1 Å². The Bertz CT molecular complexity index is 519. The second-order valence-corrected chi connectivity index (χ2v) is 7.43. The number of rotatable bonds is 3. The molecule has 2 unspecified atom stereocenters. The molecule has 0 amide bonds. The van der Waals surface area contributed by atoms with Gasteiger partial charge >= 0.3 is 0 Å². The van der Waals surface area contributed by atoms with Crippen LogP contribution in [0.25, 0.3) is 0 Å². The Labute approximate surface area is 106 Å². The predicted molar refractivity (Wildman–Crippen MR) is 64.8 cm³/mol. The van der Waals surface area contributed by atoms with Gasteiger partial charge in [0.1, 0.15) is 0 Å². The summed E-state index contributed by atoms with van der Waals surface area (Å²) in [6.07, 6.45) is 3.97. The normalized spacial score (nSPS) is 30.9. The van der Waals surface area contributed by atoms with Crippen LogP contribution in [0.2, 0.25) is 0 Å². The fourth-order valence-electron chi connectivity index (χ4n) is 2.68. The molecular formula is C11H17N3O3S. The number of hydrogen-bond acceptors (Lipinski definition) is 6.